The summed E-state index contributed by atoms with van der Waals surface area (Å²) in [7, 11) is 0. The zero-order chi connectivity index (χ0) is 12.4. The van der Waals surface area contributed by atoms with Crippen LogP contribution in [-0.4, -0.2) is 46.5 Å². The third kappa shape index (κ3) is 2.71. The number of rotatable bonds is 3. The van der Waals surface area contributed by atoms with Crippen molar-refractivity contribution in [2.24, 2.45) is 0 Å². The lowest BCUT2D eigenvalue weighted by Crippen LogP contribution is -2.50. The first kappa shape index (κ1) is 12.5. The molecule has 18 heavy (non-hydrogen) atoms. The quantitative estimate of drug-likeness (QED) is 0.843. The monoisotopic (exact) mass is 269 g/mol. The van der Waals surface area contributed by atoms with E-state index < -0.39 is 0 Å². The van der Waals surface area contributed by atoms with Crippen molar-refractivity contribution >= 4 is 11.6 Å². The van der Waals surface area contributed by atoms with Gasteiger partial charge < -0.3 is 4.74 Å². The highest BCUT2D eigenvalue weighted by molar-refractivity contribution is 6.30. The molecule has 0 aromatic carbocycles. The lowest BCUT2D eigenvalue weighted by Gasteiger charge is -2.40. The van der Waals surface area contributed by atoms with Gasteiger partial charge in [0.15, 0.2) is 0 Å². The molecule has 4 nitrogen and oxygen atoms in total. The average molecular weight is 270 g/mol. The molecule has 0 bridgehead atoms. The summed E-state index contributed by atoms with van der Waals surface area (Å²) in [5, 5.41) is 4.93. The minimum atomic E-state index is 0.167. The SMILES string of the molecule is Clc1cnn(CCN2CCOC3(CCCC3)C2)c1. The van der Waals surface area contributed by atoms with Gasteiger partial charge >= 0.3 is 0 Å². The van der Waals surface area contributed by atoms with Crippen LogP contribution in [0, 0.1) is 0 Å². The van der Waals surface area contributed by atoms with E-state index in [2.05, 4.69) is 10.00 Å². The Morgan fingerprint density at radius 3 is 2.89 bits per heavy atom. The van der Waals surface area contributed by atoms with E-state index in [0.29, 0.717) is 5.02 Å². The summed E-state index contributed by atoms with van der Waals surface area (Å²) >= 11 is 5.86. The number of halogens is 1. The lowest BCUT2D eigenvalue weighted by atomic mass is 10.00. The van der Waals surface area contributed by atoms with Crippen molar-refractivity contribution in [3.8, 4) is 0 Å². The fourth-order valence-corrected chi connectivity index (χ4v) is 3.30. The van der Waals surface area contributed by atoms with Crippen LogP contribution < -0.4 is 0 Å². The zero-order valence-corrected chi connectivity index (χ0v) is 11.4. The second kappa shape index (κ2) is 5.19. The molecule has 0 atom stereocenters. The van der Waals surface area contributed by atoms with E-state index in [-0.39, 0.29) is 5.60 Å². The van der Waals surface area contributed by atoms with Gasteiger partial charge in [0.2, 0.25) is 0 Å². The Bertz CT molecular complexity index is 401. The predicted octanol–water partition coefficient (Wildman–Crippen LogP) is 2.18. The highest BCUT2D eigenvalue weighted by atomic mass is 35.5. The molecule has 100 valence electrons. The van der Waals surface area contributed by atoms with Crippen molar-refractivity contribution in [1.29, 1.82) is 0 Å². The number of aromatic nitrogens is 2. The molecule has 1 aliphatic heterocycles. The summed E-state index contributed by atoms with van der Waals surface area (Å²) in [5.74, 6) is 0. The number of hydrogen-bond donors (Lipinski definition) is 0. The first-order valence-corrected chi connectivity index (χ1v) is 7.18. The molecule has 1 saturated carbocycles. The van der Waals surface area contributed by atoms with Crippen LogP contribution in [0.2, 0.25) is 5.02 Å². The molecule has 3 rings (SSSR count). The normalized spacial score (nSPS) is 23.8. The molecular weight excluding hydrogens is 250 g/mol. The van der Waals surface area contributed by atoms with Crippen molar-refractivity contribution in [2.75, 3.05) is 26.2 Å². The molecule has 1 aromatic rings. The van der Waals surface area contributed by atoms with Gasteiger partial charge in [0, 0.05) is 25.8 Å². The molecule has 0 unspecified atom stereocenters. The molecule has 2 aliphatic rings. The van der Waals surface area contributed by atoms with E-state index in [1.54, 1.807) is 6.20 Å². The Kier molecular flexibility index (Phi) is 3.59. The van der Waals surface area contributed by atoms with Gasteiger partial charge in [-0.25, -0.2) is 0 Å². The van der Waals surface area contributed by atoms with Gasteiger partial charge in [-0.15, -0.1) is 0 Å². The molecule has 2 heterocycles. The van der Waals surface area contributed by atoms with Gasteiger partial charge in [-0.3, -0.25) is 9.58 Å². The van der Waals surface area contributed by atoms with Gasteiger partial charge in [0.25, 0.3) is 0 Å². The van der Waals surface area contributed by atoms with Crippen molar-refractivity contribution in [1.82, 2.24) is 14.7 Å². The second-order valence-electron chi connectivity index (χ2n) is 5.44. The van der Waals surface area contributed by atoms with Gasteiger partial charge in [-0.1, -0.05) is 24.4 Å². The molecule has 0 radical (unpaired) electrons. The van der Waals surface area contributed by atoms with E-state index >= 15 is 0 Å². The Balaban J connectivity index is 1.53. The van der Waals surface area contributed by atoms with E-state index in [1.807, 2.05) is 10.9 Å². The van der Waals surface area contributed by atoms with Gasteiger partial charge in [0.05, 0.1) is 30.0 Å². The van der Waals surface area contributed by atoms with Gasteiger partial charge in [-0.2, -0.15) is 5.10 Å². The minimum absolute atomic E-state index is 0.167. The van der Waals surface area contributed by atoms with E-state index in [1.165, 1.54) is 25.7 Å². The third-order valence-corrected chi connectivity index (χ3v) is 4.28. The highest BCUT2D eigenvalue weighted by Gasteiger charge is 2.38. The molecular formula is C13H20ClN3O. The fourth-order valence-electron chi connectivity index (χ4n) is 3.14. The fraction of sp³-hybridized carbons (Fsp3) is 0.769. The molecule has 5 heteroatoms. The summed E-state index contributed by atoms with van der Waals surface area (Å²) in [4.78, 5) is 2.50. The van der Waals surface area contributed by atoms with Crippen molar-refractivity contribution < 1.29 is 4.74 Å². The van der Waals surface area contributed by atoms with E-state index in [9.17, 15) is 0 Å². The lowest BCUT2D eigenvalue weighted by molar-refractivity contribution is -0.105. The van der Waals surface area contributed by atoms with E-state index in [4.69, 9.17) is 16.3 Å². The second-order valence-corrected chi connectivity index (χ2v) is 5.87. The standard InChI is InChI=1S/C13H20ClN3O/c14-12-9-15-17(10-12)6-5-16-7-8-18-13(11-16)3-1-2-4-13/h9-10H,1-8,11H2. The topological polar surface area (TPSA) is 30.3 Å². The van der Waals surface area contributed by atoms with Crippen LogP contribution in [0.1, 0.15) is 25.7 Å². The number of morpholine rings is 1. The van der Waals surface area contributed by atoms with Crippen molar-refractivity contribution in [2.45, 2.75) is 37.8 Å². The zero-order valence-electron chi connectivity index (χ0n) is 10.6. The van der Waals surface area contributed by atoms with Crippen LogP contribution in [0.3, 0.4) is 0 Å². The summed E-state index contributed by atoms with van der Waals surface area (Å²) in [6, 6.07) is 0. The Hall–Kier alpha value is -0.580. The van der Waals surface area contributed by atoms with Crippen LogP contribution in [0.15, 0.2) is 12.4 Å². The summed E-state index contributed by atoms with van der Waals surface area (Å²) in [6.07, 6.45) is 8.69. The minimum Gasteiger partial charge on any atom is -0.372 e. The maximum Gasteiger partial charge on any atom is 0.0809 e. The number of ether oxygens (including phenoxy) is 1. The molecule has 0 N–H and O–H groups in total. The Labute approximate surface area is 113 Å². The first-order chi connectivity index (χ1) is 8.76. The summed E-state index contributed by atoms with van der Waals surface area (Å²) in [5.41, 5.74) is 0.167. The van der Waals surface area contributed by atoms with Crippen LogP contribution >= 0.6 is 11.6 Å². The predicted molar refractivity (Wildman–Crippen MR) is 70.8 cm³/mol. The molecule has 2 fully saturated rings. The molecule has 0 amide bonds. The van der Waals surface area contributed by atoms with Gasteiger partial charge in [-0.05, 0) is 12.8 Å². The Morgan fingerprint density at radius 2 is 2.17 bits per heavy atom. The highest BCUT2D eigenvalue weighted by Crippen LogP contribution is 2.35. The van der Waals surface area contributed by atoms with Crippen LogP contribution in [0.4, 0.5) is 0 Å². The number of hydrogen-bond acceptors (Lipinski definition) is 3. The summed E-state index contributed by atoms with van der Waals surface area (Å²) in [6.45, 7) is 4.94. The maximum absolute atomic E-state index is 6.03. The third-order valence-electron chi connectivity index (χ3n) is 4.09. The summed E-state index contributed by atoms with van der Waals surface area (Å²) < 4.78 is 7.94. The first-order valence-electron chi connectivity index (χ1n) is 6.80. The number of nitrogens with zero attached hydrogens (tertiary/aromatic N) is 3. The molecule has 1 aromatic heterocycles. The van der Waals surface area contributed by atoms with Crippen molar-refractivity contribution in [3.05, 3.63) is 17.4 Å². The van der Waals surface area contributed by atoms with Crippen LogP contribution in [0.25, 0.3) is 0 Å². The molecule has 1 saturated heterocycles. The van der Waals surface area contributed by atoms with Crippen LogP contribution in [0.5, 0.6) is 0 Å². The van der Waals surface area contributed by atoms with Crippen LogP contribution in [-0.2, 0) is 11.3 Å². The molecule has 1 aliphatic carbocycles. The maximum atomic E-state index is 6.03. The average Bonchev–Trinajstić information content (AvgIpc) is 2.97. The van der Waals surface area contributed by atoms with E-state index in [0.717, 1.165) is 32.8 Å². The van der Waals surface area contributed by atoms with Gasteiger partial charge in [0.1, 0.15) is 0 Å². The largest absolute Gasteiger partial charge is 0.372 e. The Morgan fingerprint density at radius 1 is 1.33 bits per heavy atom. The smallest absolute Gasteiger partial charge is 0.0809 e. The van der Waals surface area contributed by atoms with Crippen molar-refractivity contribution in [3.63, 3.8) is 0 Å². The molecule has 1 spiro atoms.